The van der Waals surface area contributed by atoms with Crippen LogP contribution in [0.25, 0.3) is 0 Å². The Kier molecular flexibility index (Phi) is 9.92. The monoisotopic (exact) mass is 338 g/mol. The van der Waals surface area contributed by atoms with E-state index in [1.165, 1.54) is 49.8 Å². The van der Waals surface area contributed by atoms with Crippen LogP contribution in [0.15, 0.2) is 16.8 Å². The largest absolute Gasteiger partial charge is 1.00 e. The lowest BCUT2D eigenvalue weighted by atomic mass is 10.1. The second kappa shape index (κ2) is 9.64. The van der Waals surface area contributed by atoms with Crippen molar-refractivity contribution in [3.05, 3.63) is 22.4 Å². The molecule has 0 aromatic carbocycles. The minimum atomic E-state index is 0. The molecular weight excluding hydrogens is 315 g/mol. The summed E-state index contributed by atoms with van der Waals surface area (Å²) in [7, 11) is 0.493. The summed E-state index contributed by atoms with van der Waals surface area (Å²) in [5, 5.41) is 4.80. The topological polar surface area (TPSA) is 0 Å². The average molecular weight is 338 g/mol. The van der Waals surface area contributed by atoms with Gasteiger partial charge in [0.1, 0.15) is 16.5 Å². The summed E-state index contributed by atoms with van der Waals surface area (Å²) in [5.74, 6) is 1.39. The first-order valence-electron chi connectivity index (χ1n) is 5.88. The maximum atomic E-state index is 2.42. The van der Waals surface area contributed by atoms with Crippen molar-refractivity contribution in [2.45, 2.75) is 58.1 Å². The molecule has 0 N–H and O–H groups in total. The average Bonchev–Trinajstić information content (AvgIpc) is 2.58. The maximum Gasteiger partial charge on any atom is 0.140 e. The van der Waals surface area contributed by atoms with E-state index in [-0.39, 0.29) is 24.0 Å². The molecular formula is C13H23IS. The lowest BCUT2D eigenvalue weighted by Crippen LogP contribution is -3.00. The molecule has 0 aliphatic carbocycles. The van der Waals surface area contributed by atoms with Crippen LogP contribution in [0.5, 0.6) is 0 Å². The third kappa shape index (κ3) is 7.34. The summed E-state index contributed by atoms with van der Waals surface area (Å²) in [6, 6.07) is 2.26. The van der Waals surface area contributed by atoms with E-state index in [2.05, 4.69) is 30.7 Å². The normalized spacial score (nSPS) is 11.2. The molecule has 0 aliphatic heterocycles. The van der Waals surface area contributed by atoms with Crippen LogP contribution < -0.4 is 24.0 Å². The number of hydrogen-bond donors (Lipinski definition) is 0. The fourth-order valence-electron chi connectivity index (χ4n) is 1.69. The van der Waals surface area contributed by atoms with E-state index in [1.807, 2.05) is 0 Å². The van der Waals surface area contributed by atoms with Crippen molar-refractivity contribution in [3.8, 4) is 0 Å². The Balaban J connectivity index is 0.00000196. The summed E-state index contributed by atoms with van der Waals surface area (Å²) in [5.41, 5.74) is 1.46. The predicted molar refractivity (Wildman–Crippen MR) is 67.0 cm³/mol. The van der Waals surface area contributed by atoms with E-state index >= 15 is 0 Å². The third-order valence-electron chi connectivity index (χ3n) is 2.58. The first-order valence-corrected chi connectivity index (χ1v) is 7.40. The molecule has 1 heterocycles. The van der Waals surface area contributed by atoms with Gasteiger partial charge >= 0.3 is 0 Å². The minimum absolute atomic E-state index is 0. The fourth-order valence-corrected chi connectivity index (χ4v) is 3.50. The van der Waals surface area contributed by atoms with Gasteiger partial charge in [-0.1, -0.05) is 32.6 Å². The molecule has 2 heteroatoms. The van der Waals surface area contributed by atoms with Crippen LogP contribution in [0.2, 0.25) is 0 Å². The minimum Gasteiger partial charge on any atom is -1.00 e. The molecule has 1 rings (SSSR count). The number of halogens is 1. The molecule has 1 aromatic rings. The van der Waals surface area contributed by atoms with E-state index in [0.29, 0.717) is 10.5 Å². The summed E-state index contributed by atoms with van der Waals surface area (Å²) in [6.45, 7) is 4.48. The van der Waals surface area contributed by atoms with Crippen LogP contribution in [0.1, 0.15) is 51.0 Å². The smallest absolute Gasteiger partial charge is 0.140 e. The molecule has 1 unspecified atom stereocenters. The van der Waals surface area contributed by atoms with Gasteiger partial charge in [0.2, 0.25) is 0 Å². The molecule has 0 saturated carbocycles. The molecule has 0 fully saturated rings. The van der Waals surface area contributed by atoms with E-state index in [1.54, 1.807) is 0 Å². The summed E-state index contributed by atoms with van der Waals surface area (Å²) in [6.07, 6.45) is 8.51. The van der Waals surface area contributed by atoms with E-state index in [0.717, 1.165) is 0 Å². The number of thiophene rings is 1. The third-order valence-corrected chi connectivity index (χ3v) is 4.50. The van der Waals surface area contributed by atoms with Gasteiger partial charge in [0.25, 0.3) is 0 Å². The van der Waals surface area contributed by atoms with Gasteiger partial charge in [0.05, 0.1) is 0 Å². The standard InChI is InChI=1S/C13H23S.HI/c1-3-4-5-6-7-8-10-14-11-9-13(2)12-14;/h9,11-12H,3-8,10H2,1-2H3;1H/q+1;/p-1. The zero-order chi connectivity index (χ0) is 10.2. The highest BCUT2D eigenvalue weighted by atomic mass is 127. The number of hydrogen-bond acceptors (Lipinski definition) is 0. The van der Waals surface area contributed by atoms with Crippen molar-refractivity contribution < 1.29 is 24.0 Å². The molecule has 0 radical (unpaired) electrons. The Bertz CT molecular complexity index is 242. The Morgan fingerprint density at radius 1 is 1.07 bits per heavy atom. The Morgan fingerprint density at radius 3 is 2.33 bits per heavy atom. The zero-order valence-corrected chi connectivity index (χ0v) is 12.9. The van der Waals surface area contributed by atoms with Crippen LogP contribution in [0.3, 0.4) is 0 Å². The zero-order valence-electron chi connectivity index (χ0n) is 9.97. The number of unbranched alkanes of at least 4 members (excludes halogenated alkanes) is 5. The molecule has 88 valence electrons. The number of rotatable bonds is 7. The van der Waals surface area contributed by atoms with Crippen LogP contribution in [0.4, 0.5) is 0 Å². The van der Waals surface area contributed by atoms with E-state index in [9.17, 15) is 0 Å². The first kappa shape index (κ1) is 15.4. The van der Waals surface area contributed by atoms with Gasteiger partial charge in [-0.3, -0.25) is 0 Å². The maximum absolute atomic E-state index is 2.42. The highest BCUT2D eigenvalue weighted by Crippen LogP contribution is 2.23. The van der Waals surface area contributed by atoms with Gasteiger partial charge in [-0.2, -0.15) is 0 Å². The number of aryl methyl sites for hydroxylation is 2. The molecule has 15 heavy (non-hydrogen) atoms. The summed E-state index contributed by atoms with van der Waals surface area (Å²) < 4.78 is 0. The predicted octanol–water partition coefficient (Wildman–Crippen LogP) is 2.11. The SMILES string of the molecule is CCCCCCCC[s+]1ccc(C)c1.[I-]. The molecule has 1 aromatic heterocycles. The summed E-state index contributed by atoms with van der Waals surface area (Å²) in [4.78, 5) is 0. The van der Waals surface area contributed by atoms with E-state index < -0.39 is 0 Å². The van der Waals surface area contributed by atoms with Gasteiger partial charge in [-0.25, -0.2) is 0 Å². The van der Waals surface area contributed by atoms with Crippen molar-refractivity contribution in [3.63, 3.8) is 0 Å². The molecule has 0 saturated heterocycles. The molecule has 1 atom stereocenters. The van der Waals surface area contributed by atoms with Gasteiger partial charge in [-0.05, 0) is 36.3 Å². The molecule has 0 nitrogen and oxygen atoms in total. The van der Waals surface area contributed by atoms with Gasteiger partial charge in [-0.15, -0.1) is 0 Å². The fraction of sp³-hybridized carbons (Fsp3) is 0.692. The van der Waals surface area contributed by atoms with Gasteiger partial charge in [0.15, 0.2) is 0 Å². The Hall–Kier alpha value is 0.430. The molecule has 0 spiro atoms. The molecule has 0 aliphatic rings. The lowest BCUT2D eigenvalue weighted by molar-refractivity contribution is -0.00000312. The molecule has 0 amide bonds. The van der Waals surface area contributed by atoms with Crippen molar-refractivity contribution in [1.29, 1.82) is 0 Å². The summed E-state index contributed by atoms with van der Waals surface area (Å²) >= 11 is 0. The van der Waals surface area contributed by atoms with Crippen LogP contribution in [-0.2, 0) is 5.75 Å². The quantitative estimate of drug-likeness (QED) is 0.406. The lowest BCUT2D eigenvalue weighted by Gasteiger charge is -1.96. The van der Waals surface area contributed by atoms with Crippen molar-refractivity contribution in [1.82, 2.24) is 0 Å². The van der Waals surface area contributed by atoms with Gasteiger partial charge in [0, 0.05) is 5.56 Å². The van der Waals surface area contributed by atoms with Crippen molar-refractivity contribution >= 4 is 10.5 Å². The van der Waals surface area contributed by atoms with Crippen LogP contribution >= 0.6 is 10.5 Å². The first-order chi connectivity index (χ1) is 6.83. The van der Waals surface area contributed by atoms with E-state index in [4.69, 9.17) is 0 Å². The van der Waals surface area contributed by atoms with Crippen LogP contribution in [-0.4, -0.2) is 0 Å². The second-order valence-corrected chi connectivity index (χ2v) is 5.96. The van der Waals surface area contributed by atoms with Crippen molar-refractivity contribution in [2.75, 3.05) is 0 Å². The van der Waals surface area contributed by atoms with Crippen molar-refractivity contribution in [2.24, 2.45) is 0 Å². The Labute approximate surface area is 114 Å². The second-order valence-electron chi connectivity index (χ2n) is 4.11. The Morgan fingerprint density at radius 2 is 1.73 bits per heavy atom. The highest BCUT2D eigenvalue weighted by Gasteiger charge is 2.03. The highest BCUT2D eigenvalue weighted by molar-refractivity contribution is 7.27. The van der Waals surface area contributed by atoms with Crippen LogP contribution in [0, 0.1) is 6.92 Å². The molecule has 0 bridgehead atoms. The van der Waals surface area contributed by atoms with Gasteiger partial charge < -0.3 is 24.0 Å².